The summed E-state index contributed by atoms with van der Waals surface area (Å²) in [6.07, 6.45) is 2.87. The number of amides is 11. The second kappa shape index (κ2) is 42.2. The molecule has 0 aromatic carbocycles. The van der Waals surface area contributed by atoms with Crippen LogP contribution in [0.25, 0.3) is 0 Å². The maximum Gasteiger partial charge on any atom is 0.246 e. The first-order valence-corrected chi connectivity index (χ1v) is 38.1. The van der Waals surface area contributed by atoms with E-state index < -0.39 is 161 Å². The van der Waals surface area contributed by atoms with Crippen molar-refractivity contribution in [2.45, 2.75) is 255 Å². The predicted octanol–water partition coefficient (Wildman–Crippen LogP) is 4.15. The molecule has 101 heavy (non-hydrogen) atoms. The Labute approximate surface area is 610 Å². The van der Waals surface area contributed by atoms with Gasteiger partial charge < -0.3 is 70.7 Å². The Morgan fingerprint density at radius 1 is 0.505 bits per heavy atom. The molecule has 2 aliphatic heterocycles. The maximum atomic E-state index is 15.6. The van der Waals surface area contributed by atoms with E-state index in [1.807, 2.05) is 47.6 Å². The fourth-order valence-corrected chi connectivity index (χ4v) is 14.3. The summed E-state index contributed by atoms with van der Waals surface area (Å²) in [5.41, 5.74) is -1.59. The molecule has 2 saturated heterocycles. The Hall–Kier alpha value is -5.90. The highest BCUT2D eigenvalue weighted by Crippen LogP contribution is 2.27. The number of nitrogens with one attached hydrogen (secondary N) is 4. The molecule has 2 aliphatic rings. The molecule has 0 saturated carbocycles. The summed E-state index contributed by atoms with van der Waals surface area (Å²) in [6.45, 7) is 38.9. The Morgan fingerprint density at radius 3 is 1.46 bits per heavy atom. The summed E-state index contributed by atoms with van der Waals surface area (Å²) >= 11 is 1.43. The molecule has 0 aliphatic carbocycles. The minimum absolute atomic E-state index is 0.0243. The number of piperazine rings is 1. The van der Waals surface area contributed by atoms with Gasteiger partial charge in [-0.1, -0.05) is 109 Å². The van der Waals surface area contributed by atoms with Gasteiger partial charge in [-0.05, 0) is 115 Å². The molecule has 6 N–H and O–H groups in total. The first kappa shape index (κ1) is 91.2. The average molecular weight is 1450 g/mol. The van der Waals surface area contributed by atoms with Crippen LogP contribution in [0, 0.1) is 41.4 Å². The molecule has 13 atom stereocenters. The molecule has 0 unspecified atom stereocenters. The predicted molar refractivity (Wildman–Crippen MR) is 398 cm³/mol. The number of hydrogen-bond acceptors (Lipinski definition) is 16. The fourth-order valence-electron chi connectivity index (χ4n) is 13.2. The van der Waals surface area contributed by atoms with Gasteiger partial charge in [0.1, 0.15) is 66.5 Å². The Balaban J connectivity index is 3.12. The minimum atomic E-state index is -1.66. The number of hydrogen-bond donors (Lipinski definition) is 6. The third kappa shape index (κ3) is 27.3. The Kier molecular flexibility index (Phi) is 38.1. The largest absolute Gasteiger partial charge is 0.390 e. The SMILES string of the molecule is C/C=C/C[C@@H](C)[C@@H](O)[C@H]1C(=O)N[C@@H](CC)C(=O)N(C)[C@H](CSCCN2CCN(CC(C)C)CC2)C(=O)N(C)[C@@H](CC(C)(C)O)C(=O)N[C@H](C(C)C)C(=O)N(C)[C@H](CCC(C)C)C(=O)N[C@H](C)C(=O)N[C@@H](C)C(=O)N(C)[C@@H](CC(C)C)C(=O)N(C)[C@@H](CC(C)C)C(=O)N(C)[C@@H](C(C)C)C(=O)N1C. The van der Waals surface area contributed by atoms with Crippen molar-refractivity contribution >= 4 is 76.7 Å². The molecule has 0 aromatic heterocycles. The second-order valence-electron chi connectivity index (χ2n) is 31.6. The Bertz CT molecular complexity index is 2750. The van der Waals surface area contributed by atoms with Crippen LogP contribution >= 0.6 is 11.8 Å². The normalized spacial score (nSPS) is 26.8. The number of carbonyl (C=O) groups is 11. The molecule has 11 amide bonds. The molecule has 0 spiro atoms. The lowest BCUT2D eigenvalue weighted by molar-refractivity contribution is -0.157. The van der Waals surface area contributed by atoms with E-state index in [0.717, 1.165) is 37.6 Å². The zero-order valence-corrected chi connectivity index (χ0v) is 67.4. The molecule has 0 radical (unpaired) electrons. The van der Waals surface area contributed by atoms with Crippen molar-refractivity contribution in [3.63, 3.8) is 0 Å². The molecule has 0 aromatic rings. The van der Waals surface area contributed by atoms with Gasteiger partial charge in [0.2, 0.25) is 65.0 Å². The van der Waals surface area contributed by atoms with Gasteiger partial charge in [-0.2, -0.15) is 11.8 Å². The van der Waals surface area contributed by atoms with Gasteiger partial charge >= 0.3 is 0 Å². The summed E-state index contributed by atoms with van der Waals surface area (Å²) < 4.78 is 0. The summed E-state index contributed by atoms with van der Waals surface area (Å²) in [7, 11) is 9.97. The van der Waals surface area contributed by atoms with Crippen LogP contribution in [0.2, 0.25) is 0 Å². The summed E-state index contributed by atoms with van der Waals surface area (Å²) in [5, 5.41) is 35.1. The molecular weight excluding hydrogens is 1310 g/mol. The van der Waals surface area contributed by atoms with Crippen molar-refractivity contribution in [2.75, 3.05) is 100 Å². The number of rotatable bonds is 23. The first-order valence-electron chi connectivity index (χ1n) is 36.9. The van der Waals surface area contributed by atoms with Crippen LogP contribution in [0.15, 0.2) is 12.2 Å². The number of aliphatic hydroxyl groups excluding tert-OH is 1. The van der Waals surface area contributed by atoms with E-state index >= 15 is 38.4 Å². The van der Waals surface area contributed by atoms with Crippen molar-refractivity contribution in [2.24, 2.45) is 41.4 Å². The van der Waals surface area contributed by atoms with E-state index in [9.17, 15) is 24.6 Å². The van der Waals surface area contributed by atoms with Crippen molar-refractivity contribution in [3.05, 3.63) is 12.2 Å². The van der Waals surface area contributed by atoms with Gasteiger partial charge in [0, 0.05) is 107 Å². The quantitative estimate of drug-likeness (QED) is 0.0619. The van der Waals surface area contributed by atoms with Crippen molar-refractivity contribution in [1.29, 1.82) is 0 Å². The van der Waals surface area contributed by atoms with Crippen LogP contribution in [-0.4, -0.2) is 298 Å². The monoisotopic (exact) mass is 1450 g/mol. The van der Waals surface area contributed by atoms with Crippen LogP contribution in [-0.2, 0) is 52.7 Å². The van der Waals surface area contributed by atoms with Crippen LogP contribution in [0.3, 0.4) is 0 Å². The van der Waals surface area contributed by atoms with E-state index in [1.165, 1.54) is 118 Å². The third-order valence-corrected chi connectivity index (χ3v) is 20.6. The van der Waals surface area contributed by atoms with Crippen LogP contribution < -0.4 is 21.3 Å². The van der Waals surface area contributed by atoms with Gasteiger partial charge in [0.15, 0.2) is 0 Å². The number of likely N-dealkylation sites (N-methyl/N-ethyl adjacent to an activating group) is 7. The lowest BCUT2D eigenvalue weighted by Crippen LogP contribution is -2.64. The van der Waals surface area contributed by atoms with E-state index in [4.69, 9.17) is 0 Å². The minimum Gasteiger partial charge on any atom is -0.390 e. The third-order valence-electron chi connectivity index (χ3n) is 19.6. The smallest absolute Gasteiger partial charge is 0.246 e. The van der Waals surface area contributed by atoms with E-state index in [-0.39, 0.29) is 62.0 Å². The van der Waals surface area contributed by atoms with Crippen LogP contribution in [0.4, 0.5) is 0 Å². The standard InChI is InChI=1S/C74H135N13O13S/c1-27-29-30-50(15)62(88)61-66(92)77-53(28-2)68(94)83(24)58(43-101-38-37-86-33-35-87(36-34-86)42-47(9)10)71(97)82(23)57(41-74(18,19)100)65(91)78-59(48(11)12)72(98)79(20)54(32-31-44(3)4)64(90)75-51(16)63(89)76-52(17)67(93)80(21)55(39-45(5)6)69(95)81(22)56(40-46(7)8)70(96)84(25)60(49(13)14)73(99)85(61)26/h27,29,44-62,88,100H,28,30-43H2,1-26H3,(H,75,90)(H,76,89)(H,77,92)(H,78,91)/b29-27+/t50-,51-,52+,53+,54-,55+,56+,57+,58-,59-,60+,61+,62-/m1/s1. The van der Waals surface area contributed by atoms with Gasteiger partial charge in [-0.3, -0.25) is 57.6 Å². The Morgan fingerprint density at radius 2 is 0.970 bits per heavy atom. The highest BCUT2D eigenvalue weighted by Gasteiger charge is 2.47. The molecule has 27 heteroatoms. The molecule has 580 valence electrons. The zero-order chi connectivity index (χ0) is 77.6. The molecule has 2 fully saturated rings. The second-order valence-corrected chi connectivity index (χ2v) is 32.8. The summed E-state index contributed by atoms with van der Waals surface area (Å²) in [6, 6.07) is -14.4. The van der Waals surface area contributed by atoms with E-state index in [2.05, 4.69) is 44.9 Å². The van der Waals surface area contributed by atoms with Crippen LogP contribution in [0.5, 0.6) is 0 Å². The van der Waals surface area contributed by atoms with Gasteiger partial charge in [-0.25, -0.2) is 0 Å². The van der Waals surface area contributed by atoms with Crippen molar-refractivity contribution in [3.8, 4) is 0 Å². The van der Waals surface area contributed by atoms with E-state index in [1.54, 1.807) is 54.5 Å². The highest BCUT2D eigenvalue weighted by molar-refractivity contribution is 7.99. The fraction of sp³-hybridized carbons (Fsp3) is 0.824. The van der Waals surface area contributed by atoms with Crippen LogP contribution in [0.1, 0.15) is 176 Å². The first-order chi connectivity index (χ1) is 46.8. The van der Waals surface area contributed by atoms with Gasteiger partial charge in [0.05, 0.1) is 11.7 Å². The molecule has 2 rings (SSSR count). The molecular formula is C74H135N13O13S. The summed E-state index contributed by atoms with van der Waals surface area (Å²) in [4.78, 5) is 179. The number of nitrogens with zero attached hydrogens (tertiary/aromatic N) is 9. The zero-order valence-electron chi connectivity index (χ0n) is 66.5. The molecule has 2 heterocycles. The molecule has 0 bridgehead atoms. The lowest BCUT2D eigenvalue weighted by atomic mass is 9.91. The number of thioether (sulfide) groups is 1. The average Bonchev–Trinajstić information content (AvgIpc) is 0.811. The molecule has 26 nitrogen and oxygen atoms in total. The summed E-state index contributed by atoms with van der Waals surface area (Å²) in [5.74, 6) is -8.85. The number of carbonyl (C=O) groups excluding carboxylic acids is 11. The van der Waals surface area contributed by atoms with Crippen molar-refractivity contribution in [1.82, 2.24) is 65.4 Å². The lowest BCUT2D eigenvalue weighted by Gasteiger charge is -2.41. The number of aliphatic hydroxyl groups is 2. The number of allylic oxidation sites excluding steroid dienone is 2. The topological polar surface area (TPSA) is 306 Å². The van der Waals surface area contributed by atoms with Gasteiger partial charge in [-0.15, -0.1) is 0 Å². The highest BCUT2D eigenvalue weighted by atomic mass is 32.2. The van der Waals surface area contributed by atoms with Gasteiger partial charge in [0.25, 0.3) is 0 Å². The maximum absolute atomic E-state index is 15.6. The van der Waals surface area contributed by atoms with Crippen molar-refractivity contribution < 1.29 is 63.0 Å². The van der Waals surface area contributed by atoms with E-state index in [0.29, 0.717) is 24.6 Å².